The van der Waals surface area contributed by atoms with Gasteiger partial charge >= 0.3 is 0 Å². The highest BCUT2D eigenvalue weighted by atomic mass is 16.5. The standard InChI is InChI=1S/C14H23N3O3/c1-3-4-7-17(8-9-18)13-10-11(20-2)5-6-12(13)14(15)16-19/h5-6,10,18-19H,3-4,7-9H2,1-2H3,(H2,15,16). The Kier molecular flexibility index (Phi) is 6.66. The van der Waals surface area contributed by atoms with E-state index in [1.54, 1.807) is 19.2 Å². The molecule has 6 nitrogen and oxygen atoms in total. The van der Waals surface area contributed by atoms with Crippen molar-refractivity contribution in [2.24, 2.45) is 10.9 Å². The lowest BCUT2D eigenvalue weighted by atomic mass is 10.1. The third-order valence-electron chi connectivity index (χ3n) is 3.08. The molecule has 6 heteroatoms. The highest BCUT2D eigenvalue weighted by molar-refractivity contribution is 6.02. The molecule has 0 saturated carbocycles. The summed E-state index contributed by atoms with van der Waals surface area (Å²) >= 11 is 0. The lowest BCUT2D eigenvalue weighted by molar-refractivity contribution is 0.301. The van der Waals surface area contributed by atoms with Crippen molar-refractivity contribution in [2.45, 2.75) is 19.8 Å². The zero-order chi connectivity index (χ0) is 15.0. The van der Waals surface area contributed by atoms with Crippen LogP contribution in [0.5, 0.6) is 5.75 Å². The van der Waals surface area contributed by atoms with Crippen molar-refractivity contribution in [1.82, 2.24) is 0 Å². The van der Waals surface area contributed by atoms with Gasteiger partial charge in [0.25, 0.3) is 0 Å². The van der Waals surface area contributed by atoms with Gasteiger partial charge in [-0.1, -0.05) is 18.5 Å². The fourth-order valence-corrected chi connectivity index (χ4v) is 1.99. The average molecular weight is 281 g/mol. The molecule has 4 N–H and O–H groups in total. The van der Waals surface area contributed by atoms with Gasteiger partial charge in [0.15, 0.2) is 5.84 Å². The second kappa shape index (κ2) is 8.27. The van der Waals surface area contributed by atoms with Crippen molar-refractivity contribution in [3.8, 4) is 5.75 Å². The SMILES string of the molecule is CCCCN(CCO)c1cc(OC)ccc1/C(N)=N/O. The van der Waals surface area contributed by atoms with E-state index in [0.717, 1.165) is 25.1 Å². The summed E-state index contributed by atoms with van der Waals surface area (Å²) < 4.78 is 5.22. The third kappa shape index (κ3) is 4.03. The van der Waals surface area contributed by atoms with Crippen LogP contribution < -0.4 is 15.4 Å². The van der Waals surface area contributed by atoms with Crippen molar-refractivity contribution < 1.29 is 15.1 Å². The van der Waals surface area contributed by atoms with Gasteiger partial charge < -0.3 is 25.7 Å². The summed E-state index contributed by atoms with van der Waals surface area (Å²) in [6.07, 6.45) is 2.04. The minimum Gasteiger partial charge on any atom is -0.497 e. The van der Waals surface area contributed by atoms with Gasteiger partial charge in [-0.2, -0.15) is 0 Å². The van der Waals surface area contributed by atoms with Gasteiger partial charge in [0.05, 0.1) is 19.4 Å². The number of methoxy groups -OCH3 is 1. The number of unbranched alkanes of at least 4 members (excludes halogenated alkanes) is 1. The molecule has 0 aliphatic rings. The lowest BCUT2D eigenvalue weighted by Gasteiger charge is -2.26. The number of hydrogen-bond acceptors (Lipinski definition) is 5. The van der Waals surface area contributed by atoms with Crippen LogP contribution in [0.3, 0.4) is 0 Å². The summed E-state index contributed by atoms with van der Waals surface area (Å²) in [6, 6.07) is 5.34. The number of ether oxygens (including phenoxy) is 1. The first-order valence-electron chi connectivity index (χ1n) is 6.69. The molecule has 0 bridgehead atoms. The van der Waals surface area contributed by atoms with Crippen LogP contribution in [0.4, 0.5) is 5.69 Å². The molecule has 1 aromatic carbocycles. The highest BCUT2D eigenvalue weighted by Gasteiger charge is 2.15. The predicted octanol–water partition coefficient (Wildman–Crippen LogP) is 1.39. The number of oxime groups is 1. The molecule has 0 unspecified atom stereocenters. The summed E-state index contributed by atoms with van der Waals surface area (Å²) in [7, 11) is 1.59. The first-order valence-corrected chi connectivity index (χ1v) is 6.69. The van der Waals surface area contributed by atoms with E-state index in [9.17, 15) is 5.11 Å². The van der Waals surface area contributed by atoms with Gasteiger partial charge in [-0.05, 0) is 18.6 Å². The Morgan fingerprint density at radius 1 is 1.40 bits per heavy atom. The van der Waals surface area contributed by atoms with Crippen LogP contribution in [0.1, 0.15) is 25.3 Å². The minimum absolute atomic E-state index is 0.0382. The number of hydrogen-bond donors (Lipinski definition) is 3. The van der Waals surface area contributed by atoms with Crippen molar-refractivity contribution in [3.63, 3.8) is 0 Å². The van der Waals surface area contributed by atoms with Crippen LogP contribution in [0.25, 0.3) is 0 Å². The molecular weight excluding hydrogens is 258 g/mol. The van der Waals surface area contributed by atoms with E-state index in [2.05, 4.69) is 12.1 Å². The molecule has 0 heterocycles. The Balaban J connectivity index is 3.20. The number of nitrogens with two attached hydrogens (primary N) is 1. The minimum atomic E-state index is 0.0382. The number of amidine groups is 1. The number of aliphatic hydroxyl groups is 1. The van der Waals surface area contributed by atoms with Gasteiger partial charge in [-0.25, -0.2) is 0 Å². The Morgan fingerprint density at radius 3 is 2.70 bits per heavy atom. The first-order chi connectivity index (χ1) is 9.67. The molecule has 0 amide bonds. The van der Waals surface area contributed by atoms with Gasteiger partial charge in [0, 0.05) is 24.7 Å². The van der Waals surface area contributed by atoms with Crippen LogP contribution in [-0.4, -0.2) is 43.0 Å². The summed E-state index contributed by atoms with van der Waals surface area (Å²) in [5, 5.41) is 21.2. The van der Waals surface area contributed by atoms with Crippen LogP contribution in [0, 0.1) is 0 Å². The number of aliphatic hydroxyl groups excluding tert-OH is 1. The van der Waals surface area contributed by atoms with Gasteiger partial charge in [0.1, 0.15) is 5.75 Å². The normalized spacial score (nSPS) is 11.4. The third-order valence-corrected chi connectivity index (χ3v) is 3.08. The summed E-state index contributed by atoms with van der Waals surface area (Å²) in [4.78, 5) is 2.01. The molecule has 0 aromatic heterocycles. The zero-order valence-electron chi connectivity index (χ0n) is 12.0. The number of benzene rings is 1. The molecule has 1 rings (SSSR count). The summed E-state index contributed by atoms with van der Waals surface area (Å²) in [5.41, 5.74) is 7.14. The molecule has 0 aliphatic carbocycles. The second-order valence-electron chi connectivity index (χ2n) is 4.43. The molecule has 0 spiro atoms. The number of nitrogens with zero attached hydrogens (tertiary/aromatic N) is 2. The maximum Gasteiger partial charge on any atom is 0.172 e. The smallest absolute Gasteiger partial charge is 0.172 e. The van der Waals surface area contributed by atoms with E-state index >= 15 is 0 Å². The van der Waals surface area contributed by atoms with Crippen LogP contribution in [0.15, 0.2) is 23.4 Å². The van der Waals surface area contributed by atoms with Crippen LogP contribution in [0.2, 0.25) is 0 Å². The summed E-state index contributed by atoms with van der Waals surface area (Å²) in [5.74, 6) is 0.732. The van der Waals surface area contributed by atoms with E-state index in [0.29, 0.717) is 17.9 Å². The zero-order valence-corrected chi connectivity index (χ0v) is 12.0. The summed E-state index contributed by atoms with van der Waals surface area (Å²) in [6.45, 7) is 3.42. The fraction of sp³-hybridized carbons (Fsp3) is 0.500. The van der Waals surface area contributed by atoms with E-state index in [-0.39, 0.29) is 12.4 Å². The fourth-order valence-electron chi connectivity index (χ4n) is 1.99. The maximum absolute atomic E-state index is 9.23. The van der Waals surface area contributed by atoms with Gasteiger partial charge in [-0.3, -0.25) is 0 Å². The second-order valence-corrected chi connectivity index (χ2v) is 4.43. The number of anilines is 1. The van der Waals surface area contributed by atoms with Crippen molar-refractivity contribution in [2.75, 3.05) is 31.7 Å². The largest absolute Gasteiger partial charge is 0.497 e. The number of rotatable bonds is 8. The van der Waals surface area contributed by atoms with Gasteiger partial charge in [0.2, 0.25) is 0 Å². The average Bonchev–Trinajstić information content (AvgIpc) is 2.50. The highest BCUT2D eigenvalue weighted by Crippen LogP contribution is 2.26. The van der Waals surface area contributed by atoms with E-state index < -0.39 is 0 Å². The van der Waals surface area contributed by atoms with Gasteiger partial charge in [-0.15, -0.1) is 0 Å². The Morgan fingerprint density at radius 2 is 2.15 bits per heavy atom. The van der Waals surface area contributed by atoms with Crippen molar-refractivity contribution in [3.05, 3.63) is 23.8 Å². The van der Waals surface area contributed by atoms with Crippen LogP contribution >= 0.6 is 0 Å². The molecule has 0 aliphatic heterocycles. The predicted molar refractivity (Wildman–Crippen MR) is 79.7 cm³/mol. The van der Waals surface area contributed by atoms with Crippen molar-refractivity contribution in [1.29, 1.82) is 0 Å². The molecule has 20 heavy (non-hydrogen) atoms. The molecule has 0 fully saturated rings. The Labute approximate surface area is 119 Å². The Bertz CT molecular complexity index is 449. The monoisotopic (exact) mass is 281 g/mol. The molecule has 0 saturated heterocycles. The van der Waals surface area contributed by atoms with Crippen LogP contribution in [-0.2, 0) is 0 Å². The molecule has 0 atom stereocenters. The van der Waals surface area contributed by atoms with Crippen molar-refractivity contribution >= 4 is 11.5 Å². The van der Waals surface area contributed by atoms with E-state index in [1.165, 1.54) is 0 Å². The first kappa shape index (κ1) is 16.1. The maximum atomic E-state index is 9.23. The molecule has 0 radical (unpaired) electrons. The molecule has 112 valence electrons. The van der Waals surface area contributed by atoms with E-state index in [1.807, 2.05) is 11.0 Å². The lowest BCUT2D eigenvalue weighted by Crippen LogP contribution is -2.30. The quantitative estimate of drug-likeness (QED) is 0.290. The van der Waals surface area contributed by atoms with E-state index in [4.69, 9.17) is 15.7 Å². The molecule has 1 aromatic rings. The molecular formula is C14H23N3O3. The Hall–Kier alpha value is -1.95. The topological polar surface area (TPSA) is 91.3 Å².